The van der Waals surface area contributed by atoms with Crippen LogP contribution in [0.1, 0.15) is 20.3 Å². The number of carbonyl (C=O) groups excluding carboxylic acids is 1. The average Bonchev–Trinajstić information content (AvgIpc) is 2.28. The van der Waals surface area contributed by atoms with Gasteiger partial charge in [0.15, 0.2) is 0 Å². The number of carbonyl (C=O) groups is 1. The maximum Gasteiger partial charge on any atom is 0.292 e. The molecule has 2 rings (SSSR count). The third kappa shape index (κ3) is 2.49. The van der Waals surface area contributed by atoms with E-state index in [2.05, 4.69) is 13.8 Å². The van der Waals surface area contributed by atoms with Crippen molar-refractivity contribution in [2.45, 2.75) is 20.3 Å². The molecular weight excluding hydrogens is 206 g/mol. The first-order valence-electron chi connectivity index (χ1n) is 5.90. The highest BCUT2D eigenvalue weighted by Gasteiger charge is 2.28. The molecule has 0 bridgehead atoms. The number of hydrogen-bond donors (Lipinski definition) is 0. The number of piperidine rings is 1. The van der Waals surface area contributed by atoms with Gasteiger partial charge in [-0.1, -0.05) is 13.8 Å². The summed E-state index contributed by atoms with van der Waals surface area (Å²) in [7, 11) is 0. The van der Waals surface area contributed by atoms with Crippen LogP contribution in [0.15, 0.2) is 12.0 Å². The summed E-state index contributed by atoms with van der Waals surface area (Å²) in [4.78, 5) is 14.0. The predicted molar refractivity (Wildman–Crippen MR) is 59.5 cm³/mol. The Morgan fingerprint density at radius 2 is 2.00 bits per heavy atom. The van der Waals surface area contributed by atoms with Crippen LogP contribution in [0.2, 0.25) is 0 Å². The zero-order valence-electron chi connectivity index (χ0n) is 9.94. The normalized spacial score (nSPS) is 30.1. The zero-order valence-corrected chi connectivity index (χ0v) is 9.94. The first kappa shape index (κ1) is 11.3. The van der Waals surface area contributed by atoms with Crippen molar-refractivity contribution < 1.29 is 14.3 Å². The minimum absolute atomic E-state index is 0.0295. The molecule has 0 spiro atoms. The van der Waals surface area contributed by atoms with Gasteiger partial charge in [-0.15, -0.1) is 0 Å². The predicted octanol–water partition coefficient (Wildman–Crippen LogP) is 1.38. The summed E-state index contributed by atoms with van der Waals surface area (Å²) in [6.45, 7) is 7.01. The van der Waals surface area contributed by atoms with Crippen molar-refractivity contribution in [3.63, 3.8) is 0 Å². The van der Waals surface area contributed by atoms with E-state index in [9.17, 15) is 4.79 Å². The third-order valence-electron chi connectivity index (χ3n) is 3.02. The van der Waals surface area contributed by atoms with Crippen LogP contribution in [0.25, 0.3) is 0 Å². The molecule has 2 aliphatic heterocycles. The fraction of sp³-hybridized carbons (Fsp3) is 0.750. The summed E-state index contributed by atoms with van der Waals surface area (Å²) >= 11 is 0. The molecule has 4 heteroatoms. The van der Waals surface area contributed by atoms with Gasteiger partial charge in [0, 0.05) is 13.1 Å². The number of amides is 1. The van der Waals surface area contributed by atoms with E-state index in [1.807, 2.05) is 4.90 Å². The van der Waals surface area contributed by atoms with Crippen molar-refractivity contribution in [1.82, 2.24) is 4.90 Å². The molecule has 0 aromatic carbocycles. The first-order chi connectivity index (χ1) is 7.66. The van der Waals surface area contributed by atoms with Crippen LogP contribution in [-0.2, 0) is 14.3 Å². The van der Waals surface area contributed by atoms with Gasteiger partial charge in [-0.2, -0.15) is 0 Å². The maximum atomic E-state index is 12.1. The second-order valence-corrected chi connectivity index (χ2v) is 4.86. The molecule has 0 unspecified atom stereocenters. The Morgan fingerprint density at radius 1 is 1.31 bits per heavy atom. The van der Waals surface area contributed by atoms with Gasteiger partial charge < -0.3 is 14.4 Å². The van der Waals surface area contributed by atoms with Crippen LogP contribution in [0.3, 0.4) is 0 Å². The quantitative estimate of drug-likeness (QED) is 0.676. The summed E-state index contributed by atoms with van der Waals surface area (Å²) in [5, 5.41) is 0. The largest absolute Gasteiger partial charge is 0.494 e. The molecule has 2 aliphatic rings. The second kappa shape index (κ2) is 4.76. The minimum atomic E-state index is -0.0295. The van der Waals surface area contributed by atoms with Gasteiger partial charge in [-0.25, -0.2) is 0 Å². The van der Waals surface area contributed by atoms with E-state index in [0.717, 1.165) is 13.1 Å². The van der Waals surface area contributed by atoms with Gasteiger partial charge in [-0.05, 0) is 18.3 Å². The molecule has 0 saturated carbocycles. The molecule has 1 fully saturated rings. The molecule has 1 saturated heterocycles. The Bertz CT molecular complexity index is 291. The lowest BCUT2D eigenvalue weighted by molar-refractivity contribution is -0.134. The minimum Gasteiger partial charge on any atom is -0.494 e. The standard InChI is InChI=1S/C12H19NO3/c1-9-5-10(2)7-13(6-9)12(14)11-8-15-3-4-16-11/h8-10H,3-7H2,1-2H3/t9-,10-/m0/s1. The molecule has 0 aromatic rings. The Labute approximate surface area is 96.2 Å². The van der Waals surface area contributed by atoms with Gasteiger partial charge >= 0.3 is 0 Å². The van der Waals surface area contributed by atoms with Crippen molar-refractivity contribution in [1.29, 1.82) is 0 Å². The molecule has 0 radical (unpaired) electrons. The summed E-state index contributed by atoms with van der Waals surface area (Å²) in [5.74, 6) is 1.46. The van der Waals surface area contributed by atoms with Crippen LogP contribution in [0.5, 0.6) is 0 Å². The van der Waals surface area contributed by atoms with E-state index in [0.29, 0.717) is 30.8 Å². The van der Waals surface area contributed by atoms with Crippen molar-refractivity contribution >= 4 is 5.91 Å². The van der Waals surface area contributed by atoms with Gasteiger partial charge in [0.1, 0.15) is 19.5 Å². The molecule has 4 nitrogen and oxygen atoms in total. The number of nitrogens with zero attached hydrogens (tertiary/aromatic N) is 1. The highest BCUT2D eigenvalue weighted by atomic mass is 16.6. The smallest absolute Gasteiger partial charge is 0.292 e. The topological polar surface area (TPSA) is 38.8 Å². The van der Waals surface area contributed by atoms with E-state index in [1.165, 1.54) is 12.7 Å². The van der Waals surface area contributed by atoms with E-state index in [4.69, 9.17) is 9.47 Å². The summed E-state index contributed by atoms with van der Waals surface area (Å²) in [6, 6.07) is 0. The van der Waals surface area contributed by atoms with Crippen LogP contribution in [0, 0.1) is 11.8 Å². The number of ether oxygens (including phenoxy) is 2. The Hall–Kier alpha value is -1.19. The van der Waals surface area contributed by atoms with E-state index >= 15 is 0 Å². The van der Waals surface area contributed by atoms with Crippen LogP contribution >= 0.6 is 0 Å². The summed E-state index contributed by atoms with van der Waals surface area (Å²) in [6.07, 6.45) is 2.63. The second-order valence-electron chi connectivity index (χ2n) is 4.86. The van der Waals surface area contributed by atoms with Gasteiger partial charge in [-0.3, -0.25) is 4.79 Å². The lowest BCUT2D eigenvalue weighted by atomic mass is 9.92. The van der Waals surface area contributed by atoms with E-state index in [-0.39, 0.29) is 5.91 Å². The molecule has 90 valence electrons. The average molecular weight is 225 g/mol. The highest BCUT2D eigenvalue weighted by Crippen LogP contribution is 2.22. The Morgan fingerprint density at radius 3 is 2.56 bits per heavy atom. The lowest BCUT2D eigenvalue weighted by Gasteiger charge is -2.35. The van der Waals surface area contributed by atoms with Crippen LogP contribution in [-0.4, -0.2) is 37.1 Å². The number of rotatable bonds is 1. The molecular formula is C12H19NO3. The molecule has 2 heterocycles. The maximum absolute atomic E-state index is 12.1. The third-order valence-corrected chi connectivity index (χ3v) is 3.02. The Kier molecular flexibility index (Phi) is 3.36. The molecule has 16 heavy (non-hydrogen) atoms. The van der Waals surface area contributed by atoms with Gasteiger partial charge in [0.05, 0.1) is 0 Å². The molecule has 2 atom stereocenters. The lowest BCUT2D eigenvalue weighted by Crippen LogP contribution is -2.43. The summed E-state index contributed by atoms with van der Waals surface area (Å²) in [5.41, 5.74) is 0. The first-order valence-corrected chi connectivity index (χ1v) is 5.90. The molecule has 0 aliphatic carbocycles. The molecule has 1 amide bonds. The van der Waals surface area contributed by atoms with E-state index < -0.39 is 0 Å². The van der Waals surface area contributed by atoms with Crippen LogP contribution < -0.4 is 0 Å². The van der Waals surface area contributed by atoms with E-state index in [1.54, 1.807) is 0 Å². The molecule has 0 N–H and O–H groups in total. The zero-order chi connectivity index (χ0) is 11.5. The fourth-order valence-corrected chi connectivity index (χ4v) is 2.47. The van der Waals surface area contributed by atoms with Crippen molar-refractivity contribution in [2.75, 3.05) is 26.3 Å². The van der Waals surface area contributed by atoms with Crippen molar-refractivity contribution in [2.24, 2.45) is 11.8 Å². The number of hydrogen-bond acceptors (Lipinski definition) is 3. The van der Waals surface area contributed by atoms with Gasteiger partial charge in [0.2, 0.25) is 5.76 Å². The number of likely N-dealkylation sites (tertiary alicyclic amines) is 1. The Balaban J connectivity index is 2.00. The van der Waals surface area contributed by atoms with Crippen molar-refractivity contribution in [3.8, 4) is 0 Å². The fourth-order valence-electron chi connectivity index (χ4n) is 2.47. The monoisotopic (exact) mass is 225 g/mol. The van der Waals surface area contributed by atoms with Crippen molar-refractivity contribution in [3.05, 3.63) is 12.0 Å². The molecule has 0 aromatic heterocycles. The highest BCUT2D eigenvalue weighted by molar-refractivity contribution is 5.91. The van der Waals surface area contributed by atoms with Gasteiger partial charge in [0.25, 0.3) is 5.91 Å². The SMILES string of the molecule is C[C@H]1C[C@H](C)CN(C(=O)C2=COCCO2)C1. The van der Waals surface area contributed by atoms with Crippen LogP contribution in [0.4, 0.5) is 0 Å². The summed E-state index contributed by atoms with van der Waals surface area (Å²) < 4.78 is 10.4.